The van der Waals surface area contributed by atoms with Crippen molar-refractivity contribution >= 4 is 16.8 Å². The highest BCUT2D eigenvalue weighted by molar-refractivity contribution is 6.81. The van der Waals surface area contributed by atoms with Gasteiger partial charge in [-0.1, -0.05) is 0 Å². The highest BCUT2D eigenvalue weighted by Gasteiger charge is 2.45. The number of quaternary nitrogens is 1. The summed E-state index contributed by atoms with van der Waals surface area (Å²) >= 11 is 0. The van der Waals surface area contributed by atoms with Crippen molar-refractivity contribution in [3.8, 4) is 0 Å². The fraction of sp³-hybridized carbons (Fsp3) is 1.00. The first kappa shape index (κ1) is 20.6. The first-order valence-electron chi connectivity index (χ1n) is 6.54. The molecule has 4 nitrogen and oxygen atoms in total. The predicted molar refractivity (Wildman–Crippen MR) is 81.3 cm³/mol. The lowest BCUT2D eigenvalue weighted by Crippen LogP contribution is -2.64. The Morgan fingerprint density at radius 3 is 1.67 bits per heavy atom. The van der Waals surface area contributed by atoms with E-state index in [4.69, 9.17) is 4.12 Å². The fourth-order valence-corrected chi connectivity index (χ4v) is 9.08. The molecule has 0 aliphatic carbocycles. The lowest BCUT2D eigenvalue weighted by Gasteiger charge is -2.44. The first-order valence-corrected chi connectivity index (χ1v) is 12.8. The van der Waals surface area contributed by atoms with Crippen LogP contribution >= 0.6 is 0 Å². The summed E-state index contributed by atoms with van der Waals surface area (Å²) < 4.78 is 11.8. The summed E-state index contributed by atoms with van der Waals surface area (Å²) in [6.07, 6.45) is 0. The molecule has 0 aromatic carbocycles. The molecular weight excluding hydrogens is 262 g/mol. The first-order chi connectivity index (χ1) is 7.93. The Hall–Kier alpha value is 0.274. The van der Waals surface area contributed by atoms with E-state index in [1.807, 2.05) is 0 Å². The van der Waals surface area contributed by atoms with Crippen molar-refractivity contribution in [2.45, 2.75) is 39.7 Å². The van der Waals surface area contributed by atoms with Crippen LogP contribution in [0.4, 0.5) is 0 Å². The van der Waals surface area contributed by atoms with Gasteiger partial charge in [0, 0.05) is 26.8 Å². The minimum atomic E-state index is -1.57. The molecule has 6 heteroatoms. The van der Waals surface area contributed by atoms with Gasteiger partial charge in [0.15, 0.2) is 8.32 Å². The van der Waals surface area contributed by atoms with Gasteiger partial charge in [0.05, 0.1) is 20.6 Å². The van der Waals surface area contributed by atoms with E-state index in [-0.39, 0.29) is 6.61 Å². The Balaban J connectivity index is 0. The molecule has 0 heterocycles. The summed E-state index contributed by atoms with van der Waals surface area (Å²) in [5.41, 5.74) is 0. The van der Waals surface area contributed by atoms with Gasteiger partial charge in [0.2, 0.25) is 0 Å². The Kier molecular flexibility index (Phi) is 9.66. The van der Waals surface area contributed by atoms with E-state index >= 15 is 0 Å². The van der Waals surface area contributed by atoms with Crippen LogP contribution in [0.3, 0.4) is 0 Å². The maximum atomic E-state index is 9.40. The molecule has 0 aliphatic heterocycles. The normalized spacial score (nSPS) is 13.0. The van der Waals surface area contributed by atoms with Gasteiger partial charge in [-0.3, -0.25) is 0 Å². The number of hydrogen-bond acceptors (Lipinski definition) is 3. The largest absolute Gasteiger partial charge is 0.853 e. The minimum Gasteiger partial charge on any atom is -0.853 e. The summed E-state index contributed by atoms with van der Waals surface area (Å²) in [7, 11) is 3.14. The number of nitrogens with zero attached hydrogens (tertiary/aromatic N) is 1. The lowest BCUT2D eigenvalue weighted by molar-refractivity contribution is -0.796. The number of methoxy groups -OCH3 is 1. The van der Waals surface area contributed by atoms with Gasteiger partial charge in [0.25, 0.3) is 0 Å². The van der Waals surface area contributed by atoms with Crippen molar-refractivity contribution in [3.63, 3.8) is 0 Å². The molecule has 0 aromatic heterocycles. The summed E-state index contributed by atoms with van der Waals surface area (Å²) in [4.78, 5) is 0. The summed E-state index contributed by atoms with van der Waals surface area (Å²) in [5, 5.41) is 9.40. The van der Waals surface area contributed by atoms with Crippen molar-refractivity contribution in [3.05, 3.63) is 0 Å². The Labute approximate surface area is 116 Å². The molecule has 0 fully saturated rings. The van der Waals surface area contributed by atoms with Gasteiger partial charge < -0.3 is 18.1 Å². The molecule has 0 N–H and O–H groups in total. The zero-order chi connectivity index (χ0) is 15.0. The second-order valence-electron chi connectivity index (χ2n) is 6.36. The third kappa shape index (κ3) is 9.24. The quantitative estimate of drug-likeness (QED) is 0.699. The third-order valence-electron chi connectivity index (χ3n) is 3.09. The van der Waals surface area contributed by atoms with E-state index in [1.54, 1.807) is 0 Å². The van der Waals surface area contributed by atoms with E-state index in [2.05, 4.69) is 58.5 Å². The van der Waals surface area contributed by atoms with Crippen LogP contribution in [0.25, 0.3) is 0 Å². The van der Waals surface area contributed by atoms with E-state index < -0.39 is 16.8 Å². The van der Waals surface area contributed by atoms with Crippen molar-refractivity contribution < 1.29 is 18.1 Å². The molecule has 0 aliphatic rings. The monoisotopic (exact) mass is 295 g/mol. The topological polar surface area (TPSA) is 41.5 Å². The van der Waals surface area contributed by atoms with Crippen LogP contribution < -0.4 is 5.11 Å². The molecule has 18 heavy (non-hydrogen) atoms. The molecule has 0 unspecified atom stereocenters. The zero-order valence-electron chi connectivity index (χ0n) is 13.8. The highest BCUT2D eigenvalue weighted by atomic mass is 28.4. The predicted octanol–water partition coefficient (Wildman–Crippen LogP) is 1.63. The van der Waals surface area contributed by atoms with Crippen molar-refractivity contribution in [1.82, 2.24) is 0 Å². The van der Waals surface area contributed by atoms with Gasteiger partial charge in [-0.05, 0) is 26.6 Å². The second-order valence-corrected chi connectivity index (χ2v) is 15.5. The average molecular weight is 296 g/mol. The minimum absolute atomic E-state index is 0.128. The van der Waals surface area contributed by atoms with Crippen molar-refractivity contribution in [2.75, 3.05) is 41.0 Å². The van der Waals surface area contributed by atoms with Gasteiger partial charge in [-0.15, -0.1) is 6.61 Å². The Bertz CT molecular complexity index is 214. The lowest BCUT2D eigenvalue weighted by atomic mass is 10.7. The van der Waals surface area contributed by atoms with Gasteiger partial charge in [-0.2, -0.15) is 0 Å². The van der Waals surface area contributed by atoms with E-state index in [9.17, 15) is 5.11 Å². The number of rotatable bonds is 6. The summed E-state index contributed by atoms with van der Waals surface area (Å²) in [5.74, 6) is 0. The van der Waals surface area contributed by atoms with Gasteiger partial charge >= 0.3 is 8.48 Å². The molecule has 0 saturated heterocycles. The molecule has 0 amide bonds. The van der Waals surface area contributed by atoms with E-state index in [1.165, 1.54) is 7.11 Å². The number of hydrogen-bond donors (Lipinski definition) is 0. The average Bonchev–Trinajstić information content (AvgIpc) is 2.16. The smallest absolute Gasteiger partial charge is 0.419 e. The van der Waals surface area contributed by atoms with Crippen LogP contribution in [0.5, 0.6) is 0 Å². The molecular formula is C12H33NO3Si2. The molecule has 0 bridgehead atoms. The number of ether oxygens (including phenoxy) is 1. The third-order valence-corrected chi connectivity index (χ3v) is 10.8. The molecule has 112 valence electrons. The van der Waals surface area contributed by atoms with Crippen molar-refractivity contribution in [1.29, 1.82) is 0 Å². The van der Waals surface area contributed by atoms with Crippen LogP contribution in [-0.2, 0) is 8.85 Å². The SMILES string of the molecule is CC[N+](C)(C)[Si](C)(C)O[Si](C)(C)C.COCC[O-]. The van der Waals surface area contributed by atoms with Gasteiger partial charge in [0.1, 0.15) is 0 Å². The molecule has 0 radical (unpaired) electrons. The Morgan fingerprint density at radius 1 is 1.06 bits per heavy atom. The van der Waals surface area contributed by atoms with Crippen molar-refractivity contribution in [2.24, 2.45) is 0 Å². The van der Waals surface area contributed by atoms with Gasteiger partial charge in [-0.25, -0.2) is 0 Å². The zero-order valence-corrected chi connectivity index (χ0v) is 15.8. The van der Waals surface area contributed by atoms with E-state index in [0.29, 0.717) is 6.61 Å². The molecule has 0 atom stereocenters. The van der Waals surface area contributed by atoms with Crippen LogP contribution in [0.15, 0.2) is 0 Å². The summed E-state index contributed by atoms with van der Waals surface area (Å²) in [6.45, 7) is 15.1. The fourth-order valence-electron chi connectivity index (χ4n) is 1.34. The summed E-state index contributed by atoms with van der Waals surface area (Å²) in [6, 6.07) is 0. The Morgan fingerprint density at radius 2 is 1.50 bits per heavy atom. The maximum Gasteiger partial charge on any atom is 0.419 e. The molecule has 0 aromatic rings. The van der Waals surface area contributed by atoms with Crippen LogP contribution in [-0.4, -0.2) is 61.9 Å². The van der Waals surface area contributed by atoms with E-state index in [0.717, 1.165) is 10.7 Å². The molecule has 0 rings (SSSR count). The van der Waals surface area contributed by atoms with Crippen LogP contribution in [0.2, 0.25) is 32.7 Å². The van der Waals surface area contributed by atoms with Crippen LogP contribution in [0.1, 0.15) is 6.92 Å². The highest BCUT2D eigenvalue weighted by Crippen LogP contribution is 2.21. The van der Waals surface area contributed by atoms with Crippen LogP contribution in [0, 0.1) is 0 Å². The maximum absolute atomic E-state index is 9.40. The second kappa shape index (κ2) is 8.45. The molecule has 0 saturated carbocycles. The molecule has 0 spiro atoms. The standard InChI is InChI=1S/C9H26NOSi2.C3H7O2/c1-9-10(2,3)13(7,8)11-12(4,5)6;1-5-3-2-4/h9H2,1-8H3;2-3H2,1H3/q+1;-1.